The Balaban J connectivity index is 0.000000299. The number of carbonyl (C=O) groups is 1. The predicted molar refractivity (Wildman–Crippen MR) is 103 cm³/mol. The maximum atomic E-state index is 10.3. The summed E-state index contributed by atoms with van der Waals surface area (Å²) < 4.78 is 0. The zero-order valence-electron chi connectivity index (χ0n) is 15.8. The number of unbranched alkanes of at least 4 members (excludes halogenated alkanes) is 1. The van der Waals surface area contributed by atoms with Crippen LogP contribution in [-0.2, 0) is 4.79 Å². The first-order chi connectivity index (χ1) is 12.0. The summed E-state index contributed by atoms with van der Waals surface area (Å²) in [5.41, 5.74) is 1.49. The zero-order chi connectivity index (χ0) is 18.7. The summed E-state index contributed by atoms with van der Waals surface area (Å²) in [6, 6.07) is 0. The van der Waals surface area contributed by atoms with E-state index in [9.17, 15) is 9.90 Å². The lowest BCUT2D eigenvalue weighted by Crippen LogP contribution is -2.00. The maximum absolute atomic E-state index is 10.3. The fourth-order valence-electron chi connectivity index (χ4n) is 3.81. The van der Waals surface area contributed by atoms with E-state index in [1.807, 2.05) is 13.0 Å². The van der Waals surface area contributed by atoms with Crippen molar-refractivity contribution in [2.75, 3.05) is 0 Å². The fourth-order valence-corrected chi connectivity index (χ4v) is 3.81. The molecule has 0 aliphatic heterocycles. The van der Waals surface area contributed by atoms with Crippen LogP contribution in [0.1, 0.15) is 71.6 Å². The highest BCUT2D eigenvalue weighted by Gasteiger charge is 2.38. The van der Waals surface area contributed by atoms with Crippen molar-refractivity contribution in [1.29, 1.82) is 0 Å². The van der Waals surface area contributed by atoms with Gasteiger partial charge >= 0.3 is 5.97 Å². The third-order valence-electron chi connectivity index (χ3n) is 5.09. The topological polar surface area (TPSA) is 57.5 Å². The highest BCUT2D eigenvalue weighted by molar-refractivity contribution is 5.66. The molecule has 140 valence electrons. The molecule has 0 heterocycles. The fraction of sp³-hybridized carbons (Fsp3) is 0.682. The van der Waals surface area contributed by atoms with Gasteiger partial charge in [-0.3, -0.25) is 4.79 Å². The van der Waals surface area contributed by atoms with E-state index >= 15 is 0 Å². The molecule has 2 rings (SSSR count). The van der Waals surface area contributed by atoms with Crippen molar-refractivity contribution in [3.63, 3.8) is 0 Å². The highest BCUT2D eigenvalue weighted by Crippen LogP contribution is 2.46. The molecule has 0 bridgehead atoms. The molecule has 2 aliphatic carbocycles. The van der Waals surface area contributed by atoms with Gasteiger partial charge in [-0.25, -0.2) is 0 Å². The summed E-state index contributed by atoms with van der Waals surface area (Å²) in [6.45, 7) is 7.72. The average molecular weight is 347 g/mol. The van der Waals surface area contributed by atoms with E-state index in [0.717, 1.165) is 51.4 Å². The van der Waals surface area contributed by atoms with E-state index in [1.54, 1.807) is 0 Å². The molecule has 0 aromatic heterocycles. The number of rotatable bonds is 7. The summed E-state index contributed by atoms with van der Waals surface area (Å²) in [7, 11) is 0. The van der Waals surface area contributed by atoms with E-state index < -0.39 is 5.97 Å². The SMILES string of the molecule is C=CCC(C)CC#CC.O=C(O)CCCC=C1CC2CC(O)CC2C1. The van der Waals surface area contributed by atoms with Crippen LogP contribution in [-0.4, -0.2) is 22.3 Å². The number of aliphatic hydroxyl groups is 1. The Morgan fingerprint density at radius 2 is 2.00 bits per heavy atom. The van der Waals surface area contributed by atoms with Crippen molar-refractivity contribution in [2.24, 2.45) is 17.8 Å². The number of aliphatic hydroxyl groups excluding tert-OH is 1. The average Bonchev–Trinajstić information content (AvgIpc) is 3.07. The Hall–Kier alpha value is -1.53. The molecule has 25 heavy (non-hydrogen) atoms. The molecular weight excluding hydrogens is 312 g/mol. The van der Waals surface area contributed by atoms with Crippen LogP contribution < -0.4 is 0 Å². The minimum Gasteiger partial charge on any atom is -0.481 e. The number of allylic oxidation sites excluding steroid dienone is 3. The second kappa shape index (κ2) is 11.9. The molecule has 3 unspecified atom stereocenters. The van der Waals surface area contributed by atoms with Gasteiger partial charge < -0.3 is 10.2 Å². The summed E-state index contributed by atoms with van der Waals surface area (Å²) in [4.78, 5) is 10.3. The highest BCUT2D eigenvalue weighted by atomic mass is 16.4. The van der Waals surface area contributed by atoms with Crippen molar-refractivity contribution in [2.45, 2.75) is 77.7 Å². The quantitative estimate of drug-likeness (QED) is 0.389. The normalized spacial score (nSPS) is 25.1. The number of carboxylic acids is 1. The van der Waals surface area contributed by atoms with Crippen molar-refractivity contribution >= 4 is 5.97 Å². The van der Waals surface area contributed by atoms with Crippen molar-refractivity contribution in [1.82, 2.24) is 0 Å². The number of fused-ring (bicyclic) bond motifs is 1. The minimum absolute atomic E-state index is 0.0661. The van der Waals surface area contributed by atoms with Crippen LogP contribution in [0.3, 0.4) is 0 Å². The predicted octanol–water partition coefficient (Wildman–Crippen LogP) is 4.96. The molecule has 2 aliphatic rings. The van der Waals surface area contributed by atoms with E-state index in [-0.39, 0.29) is 12.5 Å². The van der Waals surface area contributed by atoms with Crippen LogP contribution >= 0.6 is 0 Å². The molecule has 0 radical (unpaired) electrons. The third-order valence-corrected chi connectivity index (χ3v) is 5.09. The van der Waals surface area contributed by atoms with Crippen LogP contribution in [0, 0.1) is 29.6 Å². The van der Waals surface area contributed by atoms with Crippen LogP contribution in [0.15, 0.2) is 24.3 Å². The summed E-state index contributed by atoms with van der Waals surface area (Å²) in [5, 5.41) is 18.0. The molecule has 2 fully saturated rings. The molecule has 0 amide bonds. The van der Waals surface area contributed by atoms with Gasteiger partial charge in [-0.2, -0.15) is 0 Å². The van der Waals surface area contributed by atoms with E-state index in [1.165, 1.54) is 5.57 Å². The van der Waals surface area contributed by atoms with Gasteiger partial charge in [-0.1, -0.05) is 24.6 Å². The lowest BCUT2D eigenvalue weighted by molar-refractivity contribution is -0.137. The number of aliphatic carboxylic acids is 1. The molecule has 0 spiro atoms. The first kappa shape index (κ1) is 21.5. The van der Waals surface area contributed by atoms with Crippen LogP contribution in [0.5, 0.6) is 0 Å². The largest absolute Gasteiger partial charge is 0.481 e. The molecule has 0 saturated heterocycles. The standard InChI is InChI=1S/C13H20O3.C9H14/c14-12-7-10-5-9(6-11(10)8-12)3-1-2-4-13(15)16;1-4-6-8-9(3)7-5-2/h3,10-12,14H,1-2,4-8H2,(H,15,16);5,9H,2,7-8H2,1,3H3. The smallest absolute Gasteiger partial charge is 0.303 e. The van der Waals surface area contributed by atoms with Gasteiger partial charge in [0, 0.05) is 12.8 Å². The molecule has 2 N–H and O–H groups in total. The second-order valence-corrected chi connectivity index (χ2v) is 7.46. The second-order valence-electron chi connectivity index (χ2n) is 7.46. The Bertz CT molecular complexity index is 493. The summed E-state index contributed by atoms with van der Waals surface area (Å²) in [6.07, 6.45) is 12.3. The van der Waals surface area contributed by atoms with E-state index in [2.05, 4.69) is 31.4 Å². The van der Waals surface area contributed by atoms with Crippen LogP contribution in [0.25, 0.3) is 0 Å². The molecule has 2 saturated carbocycles. The Morgan fingerprint density at radius 3 is 2.52 bits per heavy atom. The van der Waals surface area contributed by atoms with E-state index in [0.29, 0.717) is 17.8 Å². The van der Waals surface area contributed by atoms with Gasteiger partial charge in [0.2, 0.25) is 0 Å². The first-order valence-corrected chi connectivity index (χ1v) is 9.54. The molecule has 3 heteroatoms. The third kappa shape index (κ3) is 8.93. The monoisotopic (exact) mass is 346 g/mol. The van der Waals surface area contributed by atoms with Crippen molar-refractivity contribution in [3.05, 3.63) is 24.3 Å². The van der Waals surface area contributed by atoms with Gasteiger partial charge in [-0.05, 0) is 69.6 Å². The van der Waals surface area contributed by atoms with E-state index in [4.69, 9.17) is 5.11 Å². The number of hydrogen-bond donors (Lipinski definition) is 2. The van der Waals surface area contributed by atoms with Crippen molar-refractivity contribution < 1.29 is 15.0 Å². The van der Waals surface area contributed by atoms with Crippen LogP contribution in [0.2, 0.25) is 0 Å². The Kier molecular flexibility index (Phi) is 10.3. The van der Waals surface area contributed by atoms with Gasteiger partial charge in [0.05, 0.1) is 6.10 Å². The maximum Gasteiger partial charge on any atom is 0.303 e. The molecule has 3 nitrogen and oxygen atoms in total. The summed E-state index contributed by atoms with van der Waals surface area (Å²) in [5.74, 6) is 7.27. The summed E-state index contributed by atoms with van der Waals surface area (Å²) >= 11 is 0. The lowest BCUT2D eigenvalue weighted by Gasteiger charge is -2.03. The van der Waals surface area contributed by atoms with Gasteiger partial charge in [0.15, 0.2) is 0 Å². The van der Waals surface area contributed by atoms with Gasteiger partial charge in [0.25, 0.3) is 0 Å². The Labute approximate surface area is 153 Å². The Morgan fingerprint density at radius 1 is 1.36 bits per heavy atom. The minimum atomic E-state index is -0.704. The number of carboxylic acid groups (broad SMARTS) is 1. The molecular formula is C22H34O3. The first-order valence-electron chi connectivity index (χ1n) is 9.54. The zero-order valence-corrected chi connectivity index (χ0v) is 15.8. The molecule has 3 atom stereocenters. The van der Waals surface area contributed by atoms with Crippen LogP contribution in [0.4, 0.5) is 0 Å². The number of hydrogen-bond acceptors (Lipinski definition) is 2. The van der Waals surface area contributed by atoms with Gasteiger partial charge in [0.1, 0.15) is 0 Å². The van der Waals surface area contributed by atoms with Crippen molar-refractivity contribution in [3.8, 4) is 11.8 Å². The molecule has 0 aromatic carbocycles. The lowest BCUT2D eigenvalue weighted by atomic mass is 10.0. The van der Waals surface area contributed by atoms with Gasteiger partial charge in [-0.15, -0.1) is 18.4 Å². The molecule has 0 aromatic rings.